The molecule has 110 valence electrons. The molecule has 1 unspecified atom stereocenters. The van der Waals surface area contributed by atoms with Crippen LogP contribution in [0.5, 0.6) is 0 Å². The standard InChI is InChI=1S/C17H18FNO2/c1-3-16(14-6-4-5-7-15(14)18)19-13-10-8-12(9-11-13)17(20)21-2/h4-11,16,19H,3H2,1-2H3. The van der Waals surface area contributed by atoms with Gasteiger partial charge < -0.3 is 10.1 Å². The number of esters is 1. The largest absolute Gasteiger partial charge is 0.465 e. The van der Waals surface area contributed by atoms with E-state index in [1.807, 2.05) is 13.0 Å². The van der Waals surface area contributed by atoms with Crippen LogP contribution >= 0.6 is 0 Å². The van der Waals surface area contributed by atoms with Gasteiger partial charge in [-0.05, 0) is 36.8 Å². The Morgan fingerprint density at radius 2 is 1.86 bits per heavy atom. The van der Waals surface area contributed by atoms with Crippen molar-refractivity contribution in [2.45, 2.75) is 19.4 Å². The summed E-state index contributed by atoms with van der Waals surface area (Å²) in [7, 11) is 1.35. The molecule has 2 aromatic rings. The van der Waals surface area contributed by atoms with Gasteiger partial charge in [-0.1, -0.05) is 25.1 Å². The van der Waals surface area contributed by atoms with Crippen molar-refractivity contribution in [2.24, 2.45) is 0 Å². The first-order valence-electron chi connectivity index (χ1n) is 6.85. The lowest BCUT2D eigenvalue weighted by Crippen LogP contribution is -2.11. The Morgan fingerprint density at radius 1 is 1.19 bits per heavy atom. The Labute approximate surface area is 123 Å². The molecule has 0 aliphatic heterocycles. The molecule has 4 heteroatoms. The molecule has 2 rings (SSSR count). The van der Waals surface area contributed by atoms with Crippen molar-refractivity contribution in [1.82, 2.24) is 0 Å². The maximum Gasteiger partial charge on any atom is 0.337 e. The van der Waals surface area contributed by atoms with Crippen molar-refractivity contribution in [3.63, 3.8) is 0 Å². The third-order valence-electron chi connectivity index (χ3n) is 3.34. The molecule has 0 radical (unpaired) electrons. The lowest BCUT2D eigenvalue weighted by Gasteiger charge is -2.19. The molecule has 0 heterocycles. The molecule has 0 aliphatic carbocycles. The molecule has 0 amide bonds. The van der Waals surface area contributed by atoms with E-state index in [-0.39, 0.29) is 17.8 Å². The fourth-order valence-corrected chi connectivity index (χ4v) is 2.18. The fraction of sp³-hybridized carbons (Fsp3) is 0.235. The Balaban J connectivity index is 2.16. The van der Waals surface area contributed by atoms with Gasteiger partial charge in [-0.15, -0.1) is 0 Å². The van der Waals surface area contributed by atoms with Crippen LogP contribution in [0.1, 0.15) is 35.3 Å². The van der Waals surface area contributed by atoms with Crippen LogP contribution < -0.4 is 5.32 Å². The number of rotatable bonds is 5. The first-order chi connectivity index (χ1) is 10.2. The molecule has 0 fully saturated rings. The van der Waals surface area contributed by atoms with E-state index in [0.717, 1.165) is 12.1 Å². The summed E-state index contributed by atoms with van der Waals surface area (Å²) >= 11 is 0. The number of methoxy groups -OCH3 is 1. The van der Waals surface area contributed by atoms with Gasteiger partial charge in [0.15, 0.2) is 0 Å². The van der Waals surface area contributed by atoms with E-state index in [1.54, 1.807) is 36.4 Å². The van der Waals surface area contributed by atoms with Gasteiger partial charge in [0.25, 0.3) is 0 Å². The van der Waals surface area contributed by atoms with Gasteiger partial charge in [-0.25, -0.2) is 9.18 Å². The van der Waals surface area contributed by atoms with Crippen LogP contribution in [0, 0.1) is 5.82 Å². The maximum absolute atomic E-state index is 13.8. The Kier molecular flexibility index (Phi) is 4.93. The molecule has 21 heavy (non-hydrogen) atoms. The smallest absolute Gasteiger partial charge is 0.337 e. The van der Waals surface area contributed by atoms with Crippen molar-refractivity contribution in [2.75, 3.05) is 12.4 Å². The van der Waals surface area contributed by atoms with E-state index < -0.39 is 0 Å². The van der Waals surface area contributed by atoms with Gasteiger partial charge in [-0.2, -0.15) is 0 Å². The number of hydrogen-bond donors (Lipinski definition) is 1. The van der Waals surface area contributed by atoms with E-state index in [2.05, 4.69) is 10.1 Å². The van der Waals surface area contributed by atoms with E-state index in [4.69, 9.17) is 0 Å². The molecule has 0 aromatic heterocycles. The Bertz CT molecular complexity index is 610. The average Bonchev–Trinajstić information content (AvgIpc) is 2.53. The van der Waals surface area contributed by atoms with Gasteiger partial charge in [0, 0.05) is 11.3 Å². The van der Waals surface area contributed by atoms with E-state index >= 15 is 0 Å². The molecule has 0 spiro atoms. The predicted molar refractivity (Wildman–Crippen MR) is 80.8 cm³/mol. The molecule has 0 saturated heterocycles. The molecule has 1 atom stereocenters. The van der Waals surface area contributed by atoms with Gasteiger partial charge in [0.1, 0.15) is 5.82 Å². The first-order valence-corrected chi connectivity index (χ1v) is 6.85. The van der Waals surface area contributed by atoms with Crippen molar-refractivity contribution < 1.29 is 13.9 Å². The highest BCUT2D eigenvalue weighted by Gasteiger charge is 2.13. The lowest BCUT2D eigenvalue weighted by atomic mass is 10.0. The number of carbonyl (C=O) groups excluding carboxylic acids is 1. The number of nitrogens with one attached hydrogen (secondary N) is 1. The van der Waals surface area contributed by atoms with Gasteiger partial charge in [0.05, 0.1) is 18.7 Å². The predicted octanol–water partition coefficient (Wildman–Crippen LogP) is 4.18. The topological polar surface area (TPSA) is 38.3 Å². The summed E-state index contributed by atoms with van der Waals surface area (Å²) in [6.07, 6.45) is 0.750. The first kappa shape index (κ1) is 15.0. The van der Waals surface area contributed by atoms with Crippen molar-refractivity contribution in [3.05, 3.63) is 65.5 Å². The molecule has 0 aliphatic rings. The van der Waals surface area contributed by atoms with Crippen molar-refractivity contribution in [1.29, 1.82) is 0 Å². The maximum atomic E-state index is 13.8. The fourth-order valence-electron chi connectivity index (χ4n) is 2.18. The third-order valence-corrected chi connectivity index (χ3v) is 3.34. The summed E-state index contributed by atoms with van der Waals surface area (Å²) in [6.45, 7) is 1.99. The van der Waals surface area contributed by atoms with E-state index in [0.29, 0.717) is 11.1 Å². The number of ether oxygens (including phenoxy) is 1. The van der Waals surface area contributed by atoms with Crippen LogP contribution in [-0.4, -0.2) is 13.1 Å². The molecule has 0 bridgehead atoms. The molecule has 3 nitrogen and oxygen atoms in total. The second-order valence-corrected chi connectivity index (χ2v) is 4.70. The summed E-state index contributed by atoms with van der Waals surface area (Å²) in [5, 5.41) is 3.28. The van der Waals surface area contributed by atoms with Gasteiger partial charge >= 0.3 is 5.97 Å². The number of hydrogen-bond acceptors (Lipinski definition) is 3. The van der Waals surface area contributed by atoms with Crippen LogP contribution in [0.2, 0.25) is 0 Å². The molecular weight excluding hydrogens is 269 g/mol. The highest BCUT2D eigenvalue weighted by molar-refractivity contribution is 5.89. The second kappa shape index (κ2) is 6.88. The zero-order chi connectivity index (χ0) is 15.2. The van der Waals surface area contributed by atoms with Gasteiger partial charge in [0.2, 0.25) is 0 Å². The van der Waals surface area contributed by atoms with Gasteiger partial charge in [-0.3, -0.25) is 0 Å². The van der Waals surface area contributed by atoms with E-state index in [9.17, 15) is 9.18 Å². The van der Waals surface area contributed by atoms with Crippen LogP contribution in [0.3, 0.4) is 0 Å². The average molecular weight is 287 g/mol. The van der Waals surface area contributed by atoms with Crippen molar-refractivity contribution in [3.8, 4) is 0 Å². The molecular formula is C17H18FNO2. The minimum Gasteiger partial charge on any atom is -0.465 e. The summed E-state index contributed by atoms with van der Waals surface area (Å²) in [5.41, 5.74) is 1.96. The molecule has 2 aromatic carbocycles. The SMILES string of the molecule is CCC(Nc1ccc(C(=O)OC)cc1)c1ccccc1F. The second-order valence-electron chi connectivity index (χ2n) is 4.70. The van der Waals surface area contributed by atoms with E-state index in [1.165, 1.54) is 13.2 Å². The molecule has 0 saturated carbocycles. The monoisotopic (exact) mass is 287 g/mol. The summed E-state index contributed by atoms with van der Waals surface area (Å²) in [4.78, 5) is 11.4. The normalized spacial score (nSPS) is 11.8. The highest BCUT2D eigenvalue weighted by Crippen LogP contribution is 2.24. The Hall–Kier alpha value is -2.36. The number of anilines is 1. The van der Waals surface area contributed by atoms with Crippen LogP contribution in [0.15, 0.2) is 48.5 Å². The summed E-state index contributed by atoms with van der Waals surface area (Å²) in [6, 6.07) is 13.6. The lowest BCUT2D eigenvalue weighted by molar-refractivity contribution is 0.0601. The molecule has 1 N–H and O–H groups in total. The van der Waals surface area contributed by atoms with Crippen LogP contribution in [0.25, 0.3) is 0 Å². The number of benzene rings is 2. The van der Waals surface area contributed by atoms with Crippen LogP contribution in [0.4, 0.5) is 10.1 Å². The number of halogens is 1. The quantitative estimate of drug-likeness (QED) is 0.839. The van der Waals surface area contributed by atoms with Crippen LogP contribution in [-0.2, 0) is 4.74 Å². The Morgan fingerprint density at radius 3 is 2.43 bits per heavy atom. The zero-order valence-corrected chi connectivity index (χ0v) is 12.1. The highest BCUT2D eigenvalue weighted by atomic mass is 19.1. The minimum atomic E-state index is -0.373. The summed E-state index contributed by atoms with van der Waals surface area (Å²) < 4.78 is 18.5. The zero-order valence-electron chi connectivity index (χ0n) is 12.1. The third kappa shape index (κ3) is 3.60. The van der Waals surface area contributed by atoms with Crippen molar-refractivity contribution >= 4 is 11.7 Å². The number of carbonyl (C=O) groups is 1. The minimum absolute atomic E-state index is 0.116. The summed E-state index contributed by atoms with van der Waals surface area (Å²) in [5.74, 6) is -0.592.